The quantitative estimate of drug-likeness (QED) is 0.734. The fourth-order valence-electron chi connectivity index (χ4n) is 1.52. The number of hydrogen-bond donors (Lipinski definition) is 1. The summed E-state index contributed by atoms with van der Waals surface area (Å²) in [7, 11) is 1.29. The second-order valence-corrected chi connectivity index (χ2v) is 3.91. The van der Waals surface area contributed by atoms with Crippen LogP contribution in [0.1, 0.15) is 42.4 Å². The molecule has 0 atom stereocenters. The fraction of sp³-hybridized carbons (Fsp3) is 0.600. The second-order valence-electron chi connectivity index (χ2n) is 3.91. The minimum Gasteiger partial charge on any atom is -0.464 e. The van der Waals surface area contributed by atoms with Crippen molar-refractivity contribution < 1.29 is 14.3 Å². The topological polar surface area (TPSA) is 100 Å². The molecule has 1 rings (SSSR count). The van der Waals surface area contributed by atoms with Gasteiger partial charge in [0.05, 0.1) is 19.3 Å². The van der Waals surface area contributed by atoms with Gasteiger partial charge in [-0.3, -0.25) is 4.79 Å². The van der Waals surface area contributed by atoms with Gasteiger partial charge in [-0.15, -0.1) is 5.10 Å². The summed E-state index contributed by atoms with van der Waals surface area (Å²) in [4.78, 5) is 22.2. The number of hydrogen-bond acceptors (Lipinski definition) is 5. The number of esters is 1. The van der Waals surface area contributed by atoms with Crippen molar-refractivity contribution in [2.45, 2.75) is 32.7 Å². The third kappa shape index (κ3) is 3.02. The Hall–Kier alpha value is -1.92. The average molecular weight is 240 g/mol. The molecule has 0 saturated carbocycles. The maximum Gasteiger partial charge on any atom is 0.360 e. The molecule has 0 aliphatic carbocycles. The van der Waals surface area contributed by atoms with Crippen molar-refractivity contribution in [3.05, 3.63) is 11.4 Å². The molecular weight excluding hydrogens is 224 g/mol. The zero-order valence-electron chi connectivity index (χ0n) is 10.1. The van der Waals surface area contributed by atoms with Crippen LogP contribution in [0, 0.1) is 0 Å². The molecule has 1 amide bonds. The Morgan fingerprint density at radius 2 is 2.12 bits per heavy atom. The van der Waals surface area contributed by atoms with Crippen LogP contribution in [0.4, 0.5) is 0 Å². The van der Waals surface area contributed by atoms with Crippen LogP contribution in [0.15, 0.2) is 0 Å². The van der Waals surface area contributed by atoms with Gasteiger partial charge < -0.3 is 10.5 Å². The molecule has 0 unspecified atom stereocenters. The molecule has 7 heteroatoms. The smallest absolute Gasteiger partial charge is 0.360 e. The Morgan fingerprint density at radius 3 is 2.59 bits per heavy atom. The maximum absolute atomic E-state index is 11.5. The van der Waals surface area contributed by atoms with Crippen LogP contribution in [-0.4, -0.2) is 34.0 Å². The van der Waals surface area contributed by atoms with Crippen LogP contribution in [0.5, 0.6) is 0 Å². The van der Waals surface area contributed by atoms with Gasteiger partial charge in [0.15, 0.2) is 5.69 Å². The van der Waals surface area contributed by atoms with E-state index in [9.17, 15) is 9.59 Å². The van der Waals surface area contributed by atoms with Crippen LogP contribution in [0.2, 0.25) is 0 Å². The summed E-state index contributed by atoms with van der Waals surface area (Å²) in [6, 6.07) is 0. The molecule has 0 aromatic carbocycles. The van der Waals surface area contributed by atoms with E-state index in [1.165, 1.54) is 11.8 Å². The zero-order valence-corrected chi connectivity index (χ0v) is 10.1. The SMILES string of the molecule is COC(=O)c1nnn(CCC(N)=O)c1C(C)C. The van der Waals surface area contributed by atoms with Crippen LogP contribution in [-0.2, 0) is 16.1 Å². The van der Waals surface area contributed by atoms with Crippen LogP contribution < -0.4 is 5.73 Å². The number of aryl methyl sites for hydroxylation is 1. The van der Waals surface area contributed by atoms with E-state index < -0.39 is 11.9 Å². The molecule has 7 nitrogen and oxygen atoms in total. The van der Waals surface area contributed by atoms with Crippen LogP contribution in [0.25, 0.3) is 0 Å². The van der Waals surface area contributed by atoms with E-state index in [4.69, 9.17) is 5.73 Å². The van der Waals surface area contributed by atoms with E-state index in [0.717, 1.165) is 0 Å². The summed E-state index contributed by atoms with van der Waals surface area (Å²) in [5, 5.41) is 7.61. The third-order valence-electron chi connectivity index (χ3n) is 2.27. The normalized spacial score (nSPS) is 10.6. The maximum atomic E-state index is 11.5. The molecule has 2 N–H and O–H groups in total. The molecule has 0 radical (unpaired) electrons. The molecule has 0 aliphatic heterocycles. The van der Waals surface area contributed by atoms with Crippen molar-refractivity contribution in [3.8, 4) is 0 Å². The molecule has 0 spiro atoms. The first-order chi connectivity index (χ1) is 7.97. The summed E-state index contributed by atoms with van der Waals surface area (Å²) >= 11 is 0. The van der Waals surface area contributed by atoms with Gasteiger partial charge in [0.1, 0.15) is 0 Å². The Morgan fingerprint density at radius 1 is 1.47 bits per heavy atom. The molecule has 1 aromatic rings. The van der Waals surface area contributed by atoms with Crippen molar-refractivity contribution in [2.24, 2.45) is 5.73 Å². The predicted octanol–water partition coefficient (Wildman–Crippen LogP) is 0.0635. The van der Waals surface area contributed by atoms with E-state index in [-0.39, 0.29) is 18.0 Å². The third-order valence-corrected chi connectivity index (χ3v) is 2.27. The number of ether oxygens (including phenoxy) is 1. The van der Waals surface area contributed by atoms with Gasteiger partial charge in [-0.25, -0.2) is 9.48 Å². The highest BCUT2D eigenvalue weighted by Crippen LogP contribution is 2.18. The van der Waals surface area contributed by atoms with Crippen molar-refractivity contribution in [1.82, 2.24) is 15.0 Å². The summed E-state index contributed by atoms with van der Waals surface area (Å²) < 4.78 is 6.14. The number of primary amides is 1. The van der Waals surface area contributed by atoms with Gasteiger partial charge in [0.25, 0.3) is 0 Å². The Labute approximate surface area is 98.9 Å². The Kier molecular flexibility index (Phi) is 4.19. The number of carbonyl (C=O) groups excluding carboxylic acids is 2. The van der Waals surface area contributed by atoms with Crippen molar-refractivity contribution >= 4 is 11.9 Å². The highest BCUT2D eigenvalue weighted by atomic mass is 16.5. The highest BCUT2D eigenvalue weighted by molar-refractivity contribution is 5.88. The minimum atomic E-state index is -0.529. The largest absolute Gasteiger partial charge is 0.464 e. The first kappa shape index (κ1) is 13.1. The van der Waals surface area contributed by atoms with Gasteiger partial charge in [-0.05, 0) is 5.92 Å². The number of aromatic nitrogens is 3. The number of nitrogens with two attached hydrogens (primary N) is 1. The van der Waals surface area contributed by atoms with E-state index >= 15 is 0 Å². The Balaban J connectivity index is 3.02. The molecule has 0 fully saturated rings. The second kappa shape index (κ2) is 5.42. The lowest BCUT2D eigenvalue weighted by Crippen LogP contribution is -2.17. The zero-order chi connectivity index (χ0) is 13.0. The van der Waals surface area contributed by atoms with Gasteiger partial charge in [0.2, 0.25) is 5.91 Å². The standard InChI is InChI=1S/C10H16N4O3/c1-6(2)9-8(10(16)17-3)12-13-14(9)5-4-7(11)15/h6H,4-5H2,1-3H3,(H2,11,15). The number of rotatable bonds is 5. The summed E-state index contributed by atoms with van der Waals surface area (Å²) in [6.07, 6.45) is 0.156. The summed E-state index contributed by atoms with van der Waals surface area (Å²) in [6.45, 7) is 4.13. The number of amides is 1. The lowest BCUT2D eigenvalue weighted by atomic mass is 10.1. The first-order valence-corrected chi connectivity index (χ1v) is 5.27. The molecular formula is C10H16N4O3. The van der Waals surface area contributed by atoms with E-state index in [1.807, 2.05) is 13.8 Å². The Bertz CT molecular complexity index is 425. The first-order valence-electron chi connectivity index (χ1n) is 5.27. The molecule has 0 saturated heterocycles. The predicted molar refractivity (Wildman–Crippen MR) is 59.3 cm³/mol. The molecule has 0 aliphatic rings. The molecule has 17 heavy (non-hydrogen) atoms. The number of nitrogens with zero attached hydrogens (tertiary/aromatic N) is 3. The van der Waals surface area contributed by atoms with Crippen LogP contribution >= 0.6 is 0 Å². The fourth-order valence-corrected chi connectivity index (χ4v) is 1.52. The monoisotopic (exact) mass is 240 g/mol. The number of carbonyl (C=O) groups is 2. The van der Waals surface area contributed by atoms with Gasteiger partial charge >= 0.3 is 5.97 Å². The van der Waals surface area contributed by atoms with Gasteiger partial charge in [-0.2, -0.15) is 0 Å². The van der Waals surface area contributed by atoms with Crippen LogP contribution in [0.3, 0.4) is 0 Å². The van der Waals surface area contributed by atoms with Gasteiger partial charge in [-0.1, -0.05) is 19.1 Å². The molecule has 1 aromatic heterocycles. The van der Waals surface area contributed by atoms with Crippen molar-refractivity contribution in [2.75, 3.05) is 7.11 Å². The minimum absolute atomic E-state index is 0.0481. The van der Waals surface area contributed by atoms with Crippen molar-refractivity contribution in [1.29, 1.82) is 0 Å². The van der Waals surface area contributed by atoms with Crippen molar-refractivity contribution in [3.63, 3.8) is 0 Å². The lowest BCUT2D eigenvalue weighted by molar-refractivity contribution is -0.118. The molecule has 0 bridgehead atoms. The van der Waals surface area contributed by atoms with E-state index in [1.54, 1.807) is 0 Å². The number of methoxy groups -OCH3 is 1. The summed E-state index contributed by atoms with van der Waals surface area (Å²) in [5.74, 6) is -0.902. The van der Waals surface area contributed by atoms with Gasteiger partial charge in [0, 0.05) is 6.42 Å². The molecule has 94 valence electrons. The summed E-state index contributed by atoms with van der Waals surface area (Å²) in [5.41, 5.74) is 5.91. The molecule has 1 heterocycles. The van der Waals surface area contributed by atoms with E-state index in [2.05, 4.69) is 15.0 Å². The lowest BCUT2D eigenvalue weighted by Gasteiger charge is -2.09. The van der Waals surface area contributed by atoms with E-state index in [0.29, 0.717) is 12.2 Å². The average Bonchev–Trinajstić information content (AvgIpc) is 2.68. The highest BCUT2D eigenvalue weighted by Gasteiger charge is 2.22.